The Morgan fingerprint density at radius 1 is 1.38 bits per heavy atom. The zero-order valence-corrected chi connectivity index (χ0v) is 11.4. The molecule has 0 aliphatic carbocycles. The summed E-state index contributed by atoms with van der Waals surface area (Å²) in [4.78, 5) is 24.0. The van der Waals surface area contributed by atoms with Crippen LogP contribution >= 0.6 is 11.8 Å². The molecule has 0 saturated carbocycles. The number of hydrogen-bond donors (Lipinski definition) is 2. The Balaban J connectivity index is 2.11. The molecule has 0 bridgehead atoms. The highest BCUT2D eigenvalue weighted by molar-refractivity contribution is 7.99. The molecule has 1 aliphatic heterocycles. The van der Waals surface area contributed by atoms with Crippen molar-refractivity contribution < 1.29 is 27.9 Å². The normalized spacial score (nSPS) is 18.6. The lowest BCUT2D eigenvalue weighted by molar-refractivity contribution is -0.140. The third-order valence-corrected chi connectivity index (χ3v) is 3.88. The van der Waals surface area contributed by atoms with Crippen LogP contribution in [0.1, 0.15) is 5.56 Å². The molecule has 1 atom stereocenters. The van der Waals surface area contributed by atoms with E-state index in [-0.39, 0.29) is 17.3 Å². The Labute approximate surface area is 122 Å². The topological polar surface area (TPSA) is 69.6 Å². The van der Waals surface area contributed by atoms with Crippen LogP contribution in [0.4, 0.5) is 23.7 Å². The van der Waals surface area contributed by atoms with Gasteiger partial charge in [0, 0.05) is 11.4 Å². The molecule has 2 N–H and O–H groups in total. The number of benzene rings is 1. The van der Waals surface area contributed by atoms with E-state index >= 15 is 0 Å². The first-order valence-electron chi connectivity index (χ1n) is 5.84. The summed E-state index contributed by atoms with van der Waals surface area (Å²) >= 11 is 1.27. The summed E-state index contributed by atoms with van der Waals surface area (Å²) in [5.41, 5.74) is -0.915. The molecule has 2 amide bonds. The molecule has 114 valence electrons. The summed E-state index contributed by atoms with van der Waals surface area (Å²) < 4.78 is 37.7. The van der Waals surface area contributed by atoms with Crippen LogP contribution in [0, 0.1) is 0 Å². The zero-order chi connectivity index (χ0) is 15.6. The van der Waals surface area contributed by atoms with Crippen LogP contribution in [-0.4, -0.2) is 39.7 Å². The number of carboxylic acids is 1. The lowest BCUT2D eigenvalue weighted by Crippen LogP contribution is -2.43. The number of rotatable bonds is 2. The van der Waals surface area contributed by atoms with Gasteiger partial charge in [-0.3, -0.25) is 0 Å². The molecule has 9 heteroatoms. The van der Waals surface area contributed by atoms with Crippen molar-refractivity contribution in [2.75, 3.05) is 16.9 Å². The van der Waals surface area contributed by atoms with Gasteiger partial charge in [-0.05, 0) is 18.2 Å². The van der Waals surface area contributed by atoms with Crippen molar-refractivity contribution in [2.45, 2.75) is 12.2 Å². The first-order chi connectivity index (χ1) is 9.79. The molecule has 5 nitrogen and oxygen atoms in total. The summed E-state index contributed by atoms with van der Waals surface area (Å²) in [6.07, 6.45) is -4.51. The number of anilines is 1. The van der Waals surface area contributed by atoms with E-state index < -0.39 is 29.8 Å². The van der Waals surface area contributed by atoms with E-state index in [2.05, 4.69) is 5.32 Å². The van der Waals surface area contributed by atoms with Gasteiger partial charge in [0.25, 0.3) is 0 Å². The number of thioether (sulfide) groups is 1. The minimum Gasteiger partial charge on any atom is -0.480 e. The molecule has 1 aromatic carbocycles. The van der Waals surface area contributed by atoms with Gasteiger partial charge in [0.1, 0.15) is 6.04 Å². The zero-order valence-electron chi connectivity index (χ0n) is 10.6. The lowest BCUT2D eigenvalue weighted by atomic mass is 10.2. The van der Waals surface area contributed by atoms with Crippen molar-refractivity contribution in [1.29, 1.82) is 0 Å². The Morgan fingerprint density at radius 2 is 2.10 bits per heavy atom. The van der Waals surface area contributed by atoms with Crippen molar-refractivity contribution in [2.24, 2.45) is 0 Å². The second-order valence-corrected chi connectivity index (χ2v) is 5.33. The molecule has 1 saturated heterocycles. The monoisotopic (exact) mass is 320 g/mol. The molecule has 1 aliphatic rings. The molecule has 0 aromatic heterocycles. The number of alkyl halides is 3. The Morgan fingerprint density at radius 3 is 2.71 bits per heavy atom. The molecule has 0 unspecified atom stereocenters. The third-order valence-electron chi connectivity index (χ3n) is 2.87. The molecular weight excluding hydrogens is 309 g/mol. The summed E-state index contributed by atoms with van der Waals surface area (Å²) in [5, 5.41) is 11.3. The van der Waals surface area contributed by atoms with Gasteiger partial charge in [-0.2, -0.15) is 13.2 Å². The van der Waals surface area contributed by atoms with Gasteiger partial charge >= 0.3 is 18.2 Å². The number of urea groups is 1. The lowest BCUT2D eigenvalue weighted by Gasteiger charge is -2.21. The van der Waals surface area contributed by atoms with Crippen molar-refractivity contribution >= 4 is 29.4 Å². The smallest absolute Gasteiger partial charge is 0.416 e. The van der Waals surface area contributed by atoms with Crippen molar-refractivity contribution in [3.05, 3.63) is 29.8 Å². The second kappa shape index (κ2) is 5.84. The first kappa shape index (κ1) is 15.5. The van der Waals surface area contributed by atoms with Crippen molar-refractivity contribution in [3.63, 3.8) is 0 Å². The van der Waals surface area contributed by atoms with E-state index in [0.29, 0.717) is 0 Å². The minimum absolute atomic E-state index is 0.0316. The average molecular weight is 320 g/mol. The van der Waals surface area contributed by atoms with E-state index in [4.69, 9.17) is 5.11 Å². The van der Waals surface area contributed by atoms with Gasteiger partial charge in [0.15, 0.2) is 0 Å². The van der Waals surface area contributed by atoms with Crippen LogP contribution in [0.5, 0.6) is 0 Å². The van der Waals surface area contributed by atoms with E-state index in [1.165, 1.54) is 23.9 Å². The van der Waals surface area contributed by atoms with Gasteiger partial charge < -0.3 is 15.3 Å². The highest BCUT2D eigenvalue weighted by Crippen LogP contribution is 2.31. The molecular formula is C12H11F3N2O3S. The summed E-state index contributed by atoms with van der Waals surface area (Å²) in [5.74, 6) is -0.702. The number of halogens is 3. The Hall–Kier alpha value is -1.90. The third kappa shape index (κ3) is 3.60. The number of nitrogens with zero attached hydrogens (tertiary/aromatic N) is 1. The fourth-order valence-electron chi connectivity index (χ4n) is 1.82. The molecule has 1 fully saturated rings. The van der Waals surface area contributed by atoms with E-state index in [1.807, 2.05) is 0 Å². The quantitative estimate of drug-likeness (QED) is 0.879. The minimum atomic E-state index is -4.51. The maximum absolute atomic E-state index is 12.6. The highest BCUT2D eigenvalue weighted by atomic mass is 32.2. The predicted molar refractivity (Wildman–Crippen MR) is 71.1 cm³/mol. The average Bonchev–Trinajstić information content (AvgIpc) is 2.87. The Bertz CT molecular complexity index is 565. The fraction of sp³-hybridized carbons (Fsp3) is 0.333. The van der Waals surface area contributed by atoms with Gasteiger partial charge in [-0.15, -0.1) is 11.8 Å². The van der Waals surface area contributed by atoms with Crippen LogP contribution in [0.15, 0.2) is 24.3 Å². The van der Waals surface area contributed by atoms with E-state index in [1.54, 1.807) is 0 Å². The van der Waals surface area contributed by atoms with Crippen molar-refractivity contribution in [1.82, 2.24) is 4.90 Å². The number of carbonyl (C=O) groups excluding carboxylic acids is 1. The van der Waals surface area contributed by atoms with Gasteiger partial charge in [-0.25, -0.2) is 9.59 Å². The predicted octanol–water partition coefficient (Wildman–Crippen LogP) is 2.70. The maximum atomic E-state index is 12.6. The first-order valence-corrected chi connectivity index (χ1v) is 7.00. The molecule has 2 rings (SSSR count). The SMILES string of the molecule is O=C(O)[C@@H]1CSCN1C(=O)Nc1cccc(C(F)(F)F)c1. The van der Waals surface area contributed by atoms with Crippen LogP contribution in [0.3, 0.4) is 0 Å². The molecule has 1 heterocycles. The van der Waals surface area contributed by atoms with Gasteiger partial charge in [0.2, 0.25) is 0 Å². The molecule has 1 aromatic rings. The number of hydrogen-bond acceptors (Lipinski definition) is 3. The van der Waals surface area contributed by atoms with Crippen molar-refractivity contribution in [3.8, 4) is 0 Å². The van der Waals surface area contributed by atoms with Crippen LogP contribution in [0.2, 0.25) is 0 Å². The highest BCUT2D eigenvalue weighted by Gasteiger charge is 2.35. The number of carboxylic acid groups (broad SMARTS) is 1. The Kier molecular flexibility index (Phi) is 4.31. The number of nitrogens with one attached hydrogen (secondary N) is 1. The van der Waals surface area contributed by atoms with Crippen LogP contribution in [-0.2, 0) is 11.0 Å². The number of aliphatic carboxylic acids is 1. The second-order valence-electron chi connectivity index (χ2n) is 4.33. The van der Waals surface area contributed by atoms with Gasteiger partial charge in [0.05, 0.1) is 11.4 Å². The van der Waals surface area contributed by atoms with E-state index in [0.717, 1.165) is 17.0 Å². The van der Waals surface area contributed by atoms with Crippen LogP contribution < -0.4 is 5.32 Å². The van der Waals surface area contributed by atoms with Crippen LogP contribution in [0.25, 0.3) is 0 Å². The summed E-state index contributed by atoms with van der Waals surface area (Å²) in [6.45, 7) is 0. The summed E-state index contributed by atoms with van der Waals surface area (Å²) in [7, 11) is 0. The van der Waals surface area contributed by atoms with E-state index in [9.17, 15) is 22.8 Å². The van der Waals surface area contributed by atoms with Gasteiger partial charge in [-0.1, -0.05) is 6.07 Å². The fourth-order valence-corrected chi connectivity index (χ4v) is 2.96. The standard InChI is InChI=1S/C12H11F3N2O3S/c13-12(14,15)7-2-1-3-8(4-7)16-11(20)17-6-21-5-9(17)10(18)19/h1-4,9H,5-6H2,(H,16,20)(H,18,19)/t9-/m0/s1. The number of amides is 2. The maximum Gasteiger partial charge on any atom is 0.416 e. The summed E-state index contributed by atoms with van der Waals surface area (Å²) in [6, 6.07) is 2.48. The molecule has 0 radical (unpaired) electrons. The molecule has 21 heavy (non-hydrogen) atoms. The molecule has 0 spiro atoms. The number of carbonyl (C=O) groups is 2. The largest absolute Gasteiger partial charge is 0.480 e.